The first-order valence-electron chi connectivity index (χ1n) is 7.58. The molecule has 0 aromatic heterocycles. The van der Waals surface area contributed by atoms with Crippen molar-refractivity contribution in [3.63, 3.8) is 0 Å². The highest BCUT2D eigenvalue weighted by molar-refractivity contribution is 5.68. The zero-order valence-corrected chi connectivity index (χ0v) is 13.5. The maximum absolute atomic E-state index is 11.8. The second-order valence-electron chi connectivity index (χ2n) is 6.51. The molecule has 0 aliphatic carbocycles. The Kier molecular flexibility index (Phi) is 3.97. The molecule has 1 unspecified atom stereocenters. The van der Waals surface area contributed by atoms with E-state index in [4.69, 9.17) is 18.9 Å². The molecule has 0 saturated carbocycles. The fourth-order valence-corrected chi connectivity index (χ4v) is 2.73. The molecule has 0 spiro atoms. The summed E-state index contributed by atoms with van der Waals surface area (Å²) in [6, 6.07) is 1.56. The number of carbonyl (C=O) groups excluding carboxylic acids is 1. The van der Waals surface area contributed by atoms with Crippen LogP contribution in [-0.2, 0) is 15.9 Å². The van der Waals surface area contributed by atoms with Crippen molar-refractivity contribution in [1.29, 1.82) is 0 Å². The van der Waals surface area contributed by atoms with E-state index in [2.05, 4.69) is 5.32 Å². The molecule has 3 rings (SSSR count). The molecule has 7 heteroatoms. The van der Waals surface area contributed by atoms with E-state index in [0.717, 1.165) is 11.1 Å². The molecule has 2 N–H and O–H groups in total. The quantitative estimate of drug-likeness (QED) is 0.868. The summed E-state index contributed by atoms with van der Waals surface area (Å²) >= 11 is 0. The monoisotopic (exact) mass is 323 g/mol. The van der Waals surface area contributed by atoms with Crippen LogP contribution in [0, 0.1) is 0 Å². The SMILES string of the molecule is CC(C)(C)OC(=O)NCC1OCCc2c(O)cc3c(c21)OCO3. The van der Waals surface area contributed by atoms with Crippen LogP contribution in [0.15, 0.2) is 6.07 Å². The van der Waals surface area contributed by atoms with Gasteiger partial charge >= 0.3 is 6.09 Å². The number of rotatable bonds is 2. The Labute approximate surface area is 134 Å². The van der Waals surface area contributed by atoms with Gasteiger partial charge in [-0.2, -0.15) is 0 Å². The van der Waals surface area contributed by atoms with Crippen molar-refractivity contribution in [2.75, 3.05) is 19.9 Å². The maximum atomic E-state index is 11.8. The molecule has 1 aromatic carbocycles. The van der Waals surface area contributed by atoms with Gasteiger partial charge in [-0.05, 0) is 27.2 Å². The fourth-order valence-electron chi connectivity index (χ4n) is 2.73. The molecule has 1 aromatic rings. The number of benzene rings is 1. The van der Waals surface area contributed by atoms with Crippen LogP contribution in [0.4, 0.5) is 4.79 Å². The zero-order valence-electron chi connectivity index (χ0n) is 13.5. The normalized spacial score (nSPS) is 19.2. The minimum atomic E-state index is -0.564. The lowest BCUT2D eigenvalue weighted by atomic mass is 9.95. The summed E-state index contributed by atoms with van der Waals surface area (Å²) in [4.78, 5) is 11.8. The average Bonchev–Trinajstić information content (AvgIpc) is 2.91. The number of phenols is 1. The number of ether oxygens (including phenoxy) is 4. The first-order chi connectivity index (χ1) is 10.8. The molecule has 0 fully saturated rings. The van der Waals surface area contributed by atoms with E-state index in [1.165, 1.54) is 0 Å². The fraction of sp³-hybridized carbons (Fsp3) is 0.562. The molecular weight excluding hydrogens is 302 g/mol. The number of amides is 1. The van der Waals surface area contributed by atoms with Crippen molar-refractivity contribution in [2.24, 2.45) is 0 Å². The van der Waals surface area contributed by atoms with Gasteiger partial charge in [0.1, 0.15) is 17.5 Å². The number of aromatic hydroxyl groups is 1. The van der Waals surface area contributed by atoms with Gasteiger partial charge in [0.25, 0.3) is 0 Å². The lowest BCUT2D eigenvalue weighted by Gasteiger charge is -2.28. The summed E-state index contributed by atoms with van der Waals surface area (Å²) in [6.07, 6.45) is -0.350. The molecular formula is C16H21NO6. The number of carbonyl (C=O) groups is 1. The number of nitrogens with one attached hydrogen (secondary N) is 1. The van der Waals surface area contributed by atoms with E-state index in [0.29, 0.717) is 24.5 Å². The van der Waals surface area contributed by atoms with Crippen molar-refractivity contribution in [2.45, 2.75) is 38.9 Å². The Hall–Kier alpha value is -2.15. The summed E-state index contributed by atoms with van der Waals surface area (Å²) in [6.45, 7) is 6.19. The van der Waals surface area contributed by atoms with Crippen LogP contribution in [0.2, 0.25) is 0 Å². The van der Waals surface area contributed by atoms with Gasteiger partial charge in [0.05, 0.1) is 13.2 Å². The van der Waals surface area contributed by atoms with Gasteiger partial charge in [0.15, 0.2) is 11.5 Å². The molecule has 126 valence electrons. The third-order valence-corrected chi connectivity index (χ3v) is 3.61. The number of fused-ring (bicyclic) bond motifs is 3. The highest BCUT2D eigenvalue weighted by atomic mass is 16.7. The molecule has 23 heavy (non-hydrogen) atoms. The van der Waals surface area contributed by atoms with Crippen LogP contribution in [0.1, 0.15) is 38.0 Å². The zero-order chi connectivity index (χ0) is 16.6. The molecule has 7 nitrogen and oxygen atoms in total. The molecule has 0 bridgehead atoms. The number of alkyl carbamates (subject to hydrolysis) is 1. The standard InChI is InChI=1S/C16H21NO6/c1-16(2,3)23-15(19)17-7-12-13-9(4-5-20-12)10(18)6-11-14(13)22-8-21-11/h6,12,18H,4-5,7-8H2,1-3H3,(H,17,19). The van der Waals surface area contributed by atoms with Crippen LogP contribution in [0.25, 0.3) is 0 Å². The third kappa shape index (κ3) is 3.29. The Morgan fingerprint density at radius 3 is 2.96 bits per heavy atom. The number of hydrogen-bond donors (Lipinski definition) is 2. The maximum Gasteiger partial charge on any atom is 0.407 e. The largest absolute Gasteiger partial charge is 0.508 e. The first-order valence-corrected chi connectivity index (χ1v) is 7.58. The molecule has 0 saturated heterocycles. The summed E-state index contributed by atoms with van der Waals surface area (Å²) in [5.74, 6) is 1.23. The summed E-state index contributed by atoms with van der Waals surface area (Å²) in [5.41, 5.74) is 0.947. The van der Waals surface area contributed by atoms with Crippen LogP contribution in [0.5, 0.6) is 17.2 Å². The first kappa shape index (κ1) is 15.7. The van der Waals surface area contributed by atoms with Crippen LogP contribution < -0.4 is 14.8 Å². The molecule has 1 amide bonds. The molecule has 1 atom stereocenters. The van der Waals surface area contributed by atoms with Gasteiger partial charge < -0.3 is 29.4 Å². The lowest BCUT2D eigenvalue weighted by molar-refractivity contribution is 0.0271. The molecule has 2 heterocycles. The van der Waals surface area contributed by atoms with E-state index in [9.17, 15) is 9.90 Å². The smallest absolute Gasteiger partial charge is 0.407 e. The highest BCUT2D eigenvalue weighted by Crippen LogP contribution is 2.47. The Balaban J connectivity index is 1.78. The summed E-state index contributed by atoms with van der Waals surface area (Å²) in [5, 5.41) is 12.9. The minimum Gasteiger partial charge on any atom is -0.508 e. The van der Waals surface area contributed by atoms with Crippen molar-refractivity contribution < 1.29 is 28.8 Å². The van der Waals surface area contributed by atoms with Crippen LogP contribution in [0.3, 0.4) is 0 Å². The van der Waals surface area contributed by atoms with E-state index >= 15 is 0 Å². The van der Waals surface area contributed by atoms with Gasteiger partial charge in [0, 0.05) is 17.2 Å². The van der Waals surface area contributed by atoms with E-state index in [-0.39, 0.29) is 19.1 Å². The third-order valence-electron chi connectivity index (χ3n) is 3.61. The predicted molar refractivity (Wildman–Crippen MR) is 80.9 cm³/mol. The van der Waals surface area contributed by atoms with E-state index < -0.39 is 17.8 Å². The highest BCUT2D eigenvalue weighted by Gasteiger charge is 2.33. The Morgan fingerprint density at radius 2 is 2.22 bits per heavy atom. The minimum absolute atomic E-state index is 0.109. The van der Waals surface area contributed by atoms with Crippen molar-refractivity contribution >= 4 is 6.09 Å². The number of hydrogen-bond acceptors (Lipinski definition) is 6. The van der Waals surface area contributed by atoms with Gasteiger partial charge in [-0.3, -0.25) is 0 Å². The second kappa shape index (κ2) is 5.81. The second-order valence-corrected chi connectivity index (χ2v) is 6.51. The Bertz CT molecular complexity index is 618. The summed E-state index contributed by atoms with van der Waals surface area (Å²) < 4.78 is 21.8. The van der Waals surface area contributed by atoms with Gasteiger partial charge in [-0.1, -0.05) is 0 Å². The topological polar surface area (TPSA) is 86.3 Å². The average molecular weight is 323 g/mol. The van der Waals surface area contributed by atoms with E-state index in [1.807, 2.05) is 0 Å². The van der Waals surface area contributed by atoms with Crippen LogP contribution in [-0.4, -0.2) is 36.7 Å². The lowest BCUT2D eigenvalue weighted by Crippen LogP contribution is -2.36. The predicted octanol–water partition coefficient (Wildman–Crippen LogP) is 2.26. The summed E-state index contributed by atoms with van der Waals surface area (Å²) in [7, 11) is 0. The van der Waals surface area contributed by atoms with E-state index in [1.54, 1.807) is 26.8 Å². The van der Waals surface area contributed by atoms with Crippen molar-refractivity contribution in [1.82, 2.24) is 5.32 Å². The van der Waals surface area contributed by atoms with Crippen molar-refractivity contribution in [3.05, 3.63) is 17.2 Å². The van der Waals surface area contributed by atoms with Crippen molar-refractivity contribution in [3.8, 4) is 17.2 Å². The molecule has 2 aliphatic heterocycles. The van der Waals surface area contributed by atoms with Crippen LogP contribution >= 0.6 is 0 Å². The van der Waals surface area contributed by atoms with Gasteiger partial charge in [-0.25, -0.2) is 4.79 Å². The van der Waals surface area contributed by atoms with Gasteiger partial charge in [0.2, 0.25) is 6.79 Å². The Morgan fingerprint density at radius 1 is 1.43 bits per heavy atom. The molecule has 2 aliphatic rings. The van der Waals surface area contributed by atoms with Gasteiger partial charge in [-0.15, -0.1) is 0 Å². The number of phenolic OH excluding ortho intramolecular Hbond substituents is 1. The molecule has 0 radical (unpaired) electrons.